The van der Waals surface area contributed by atoms with E-state index in [2.05, 4.69) is 0 Å². The van der Waals surface area contributed by atoms with Crippen LogP contribution in [0.1, 0.15) is 44.0 Å². The molecule has 1 aliphatic rings. The van der Waals surface area contributed by atoms with Crippen molar-refractivity contribution in [2.45, 2.75) is 39.7 Å². The van der Waals surface area contributed by atoms with Gasteiger partial charge >= 0.3 is 6.09 Å². The fraction of sp³-hybridized carbons (Fsp3) is 0.529. The number of rotatable bonds is 2. The Bertz CT molecular complexity index is 580. The maximum absolute atomic E-state index is 12.9. The summed E-state index contributed by atoms with van der Waals surface area (Å²) in [6.07, 6.45) is 0.455. The highest BCUT2D eigenvalue weighted by Gasteiger charge is 2.44. The molecule has 1 unspecified atom stereocenters. The topological polar surface area (TPSA) is 57.6 Å². The average Bonchev–Trinajstić information content (AvgIpc) is 2.44. The van der Waals surface area contributed by atoms with Crippen LogP contribution in [0.25, 0.3) is 0 Å². The fourth-order valence-electron chi connectivity index (χ4n) is 3.41. The highest BCUT2D eigenvalue weighted by molar-refractivity contribution is 6.31. The van der Waals surface area contributed by atoms with Gasteiger partial charge in [-0.25, -0.2) is 4.79 Å². The van der Waals surface area contributed by atoms with E-state index in [4.69, 9.17) is 11.6 Å². The first-order valence-electron chi connectivity index (χ1n) is 7.51. The predicted octanol–water partition coefficient (Wildman–Crippen LogP) is 4.33. The molecule has 1 saturated heterocycles. The van der Waals surface area contributed by atoms with Gasteiger partial charge in [-0.1, -0.05) is 44.5 Å². The summed E-state index contributed by atoms with van der Waals surface area (Å²) in [7, 11) is 0. The van der Waals surface area contributed by atoms with Gasteiger partial charge < -0.3 is 10.0 Å². The summed E-state index contributed by atoms with van der Waals surface area (Å²) in [4.78, 5) is 25.9. The third kappa shape index (κ3) is 3.43. The molecule has 0 aromatic heterocycles. The molecular weight excluding hydrogens is 302 g/mol. The Labute approximate surface area is 136 Å². The second-order valence-corrected chi connectivity index (χ2v) is 7.35. The van der Waals surface area contributed by atoms with Gasteiger partial charge in [0.05, 0.1) is 0 Å². The zero-order chi connectivity index (χ0) is 16.5. The molecule has 0 spiro atoms. The SMILES string of the molecule is CC(C)(C)[C@H]1C(C(=O)c2cccc(Cl)c2)CCCN1C(=O)O. The summed E-state index contributed by atoms with van der Waals surface area (Å²) in [5, 5.41) is 10.00. The number of carbonyl (C=O) groups is 2. The summed E-state index contributed by atoms with van der Waals surface area (Å²) in [6.45, 7) is 6.43. The van der Waals surface area contributed by atoms with Crippen LogP contribution < -0.4 is 0 Å². The van der Waals surface area contributed by atoms with E-state index in [1.165, 1.54) is 4.90 Å². The predicted molar refractivity (Wildman–Crippen MR) is 86.5 cm³/mol. The summed E-state index contributed by atoms with van der Waals surface area (Å²) in [5.41, 5.74) is 0.247. The maximum atomic E-state index is 12.9. The van der Waals surface area contributed by atoms with Gasteiger partial charge in [-0.05, 0) is 30.4 Å². The van der Waals surface area contributed by atoms with Gasteiger partial charge in [-0.2, -0.15) is 0 Å². The van der Waals surface area contributed by atoms with Gasteiger partial charge in [0.2, 0.25) is 0 Å². The molecule has 2 rings (SSSR count). The first kappa shape index (κ1) is 16.8. The Morgan fingerprint density at radius 3 is 2.55 bits per heavy atom. The van der Waals surface area contributed by atoms with Crippen LogP contribution in [0.2, 0.25) is 5.02 Å². The van der Waals surface area contributed by atoms with E-state index in [-0.39, 0.29) is 23.2 Å². The van der Waals surface area contributed by atoms with Crippen molar-refractivity contribution in [3.05, 3.63) is 34.9 Å². The summed E-state index contributed by atoms with van der Waals surface area (Å²) >= 11 is 5.98. The Morgan fingerprint density at radius 1 is 1.32 bits per heavy atom. The number of piperidine rings is 1. The molecule has 1 aromatic carbocycles. The minimum absolute atomic E-state index is 0.0200. The van der Waals surface area contributed by atoms with Gasteiger partial charge in [0, 0.05) is 29.1 Å². The Kier molecular flexibility index (Phi) is 4.81. The van der Waals surface area contributed by atoms with Crippen LogP contribution in [0.15, 0.2) is 24.3 Å². The normalized spacial score (nSPS) is 22.5. The smallest absolute Gasteiger partial charge is 0.407 e. The van der Waals surface area contributed by atoms with Gasteiger partial charge in [0.1, 0.15) is 0 Å². The van der Waals surface area contributed by atoms with Crippen LogP contribution in [-0.2, 0) is 0 Å². The lowest BCUT2D eigenvalue weighted by Crippen LogP contribution is -2.56. The van der Waals surface area contributed by atoms with E-state index >= 15 is 0 Å². The first-order valence-corrected chi connectivity index (χ1v) is 7.89. The molecule has 1 aliphatic heterocycles. The zero-order valence-corrected chi connectivity index (χ0v) is 13.9. The van der Waals surface area contributed by atoms with Crippen molar-refractivity contribution in [1.82, 2.24) is 4.90 Å². The standard InChI is InChI=1S/C17H22ClNO3/c1-17(2,3)15-13(8-5-9-19(15)16(21)22)14(20)11-6-4-7-12(18)10-11/h4,6-7,10,13,15H,5,8-9H2,1-3H3,(H,21,22)/t13?,15-/m1/s1. The first-order chi connectivity index (χ1) is 10.2. The van der Waals surface area contributed by atoms with Crippen LogP contribution in [0.5, 0.6) is 0 Å². The number of ketones is 1. The van der Waals surface area contributed by atoms with Crippen LogP contribution in [0.3, 0.4) is 0 Å². The Balaban J connectivity index is 2.38. The number of halogens is 1. The number of amides is 1. The van der Waals surface area contributed by atoms with Crippen molar-refractivity contribution in [3.63, 3.8) is 0 Å². The zero-order valence-electron chi connectivity index (χ0n) is 13.2. The molecule has 0 aliphatic carbocycles. The molecule has 120 valence electrons. The number of Topliss-reactive ketones (excluding diaryl/α,β-unsaturated/α-hetero) is 1. The van der Waals surface area contributed by atoms with Crippen LogP contribution in [-0.4, -0.2) is 34.5 Å². The van der Waals surface area contributed by atoms with E-state index in [0.29, 0.717) is 30.0 Å². The van der Waals surface area contributed by atoms with Crippen LogP contribution in [0.4, 0.5) is 4.79 Å². The molecule has 1 fully saturated rings. The quantitative estimate of drug-likeness (QED) is 0.824. The number of carboxylic acid groups (broad SMARTS) is 1. The van der Waals surface area contributed by atoms with Crippen LogP contribution >= 0.6 is 11.6 Å². The molecular formula is C17H22ClNO3. The molecule has 1 N–H and O–H groups in total. The average molecular weight is 324 g/mol. The minimum Gasteiger partial charge on any atom is -0.465 e. The van der Waals surface area contributed by atoms with Crippen molar-refractivity contribution < 1.29 is 14.7 Å². The number of carbonyl (C=O) groups excluding carboxylic acids is 1. The fourth-order valence-corrected chi connectivity index (χ4v) is 3.60. The molecule has 0 radical (unpaired) electrons. The van der Waals surface area contributed by atoms with Crippen LogP contribution in [0, 0.1) is 11.3 Å². The van der Waals surface area contributed by atoms with Gasteiger partial charge in [-0.3, -0.25) is 4.79 Å². The van der Waals surface area contributed by atoms with Crippen molar-refractivity contribution in [3.8, 4) is 0 Å². The van der Waals surface area contributed by atoms with E-state index in [1.54, 1.807) is 24.3 Å². The second-order valence-electron chi connectivity index (χ2n) is 6.91. The Hall–Kier alpha value is -1.55. The summed E-state index contributed by atoms with van der Waals surface area (Å²) in [5.74, 6) is -0.350. The highest BCUT2D eigenvalue weighted by Crippen LogP contribution is 2.38. The molecule has 5 heteroatoms. The number of hydrogen-bond donors (Lipinski definition) is 1. The summed E-state index contributed by atoms with van der Waals surface area (Å²) < 4.78 is 0. The number of likely N-dealkylation sites (tertiary alicyclic amines) is 1. The minimum atomic E-state index is -0.955. The summed E-state index contributed by atoms with van der Waals surface area (Å²) in [6, 6.07) is 6.55. The molecule has 4 nitrogen and oxygen atoms in total. The third-order valence-electron chi connectivity index (χ3n) is 4.21. The van der Waals surface area contributed by atoms with Crippen molar-refractivity contribution in [2.75, 3.05) is 6.54 Å². The monoisotopic (exact) mass is 323 g/mol. The Morgan fingerprint density at radius 2 is 2.00 bits per heavy atom. The lowest BCUT2D eigenvalue weighted by molar-refractivity contribution is 0.0234. The second kappa shape index (κ2) is 6.29. The van der Waals surface area contributed by atoms with Crippen molar-refractivity contribution in [2.24, 2.45) is 11.3 Å². The molecule has 1 amide bonds. The molecule has 2 atom stereocenters. The van der Waals surface area contributed by atoms with Gasteiger partial charge in [0.15, 0.2) is 5.78 Å². The van der Waals surface area contributed by atoms with E-state index in [0.717, 1.165) is 0 Å². The molecule has 0 bridgehead atoms. The van der Waals surface area contributed by atoms with Gasteiger partial charge in [-0.15, -0.1) is 0 Å². The molecule has 0 saturated carbocycles. The highest BCUT2D eigenvalue weighted by atomic mass is 35.5. The van der Waals surface area contributed by atoms with Gasteiger partial charge in [0.25, 0.3) is 0 Å². The van der Waals surface area contributed by atoms with Crippen molar-refractivity contribution >= 4 is 23.5 Å². The number of benzene rings is 1. The number of nitrogens with zero attached hydrogens (tertiary/aromatic N) is 1. The van der Waals surface area contributed by atoms with E-state index in [1.807, 2.05) is 20.8 Å². The molecule has 1 heterocycles. The lowest BCUT2D eigenvalue weighted by Gasteiger charge is -2.46. The molecule has 1 aromatic rings. The van der Waals surface area contributed by atoms with Crippen molar-refractivity contribution in [1.29, 1.82) is 0 Å². The molecule has 22 heavy (non-hydrogen) atoms. The lowest BCUT2D eigenvalue weighted by atomic mass is 9.71. The van der Waals surface area contributed by atoms with E-state index < -0.39 is 6.09 Å². The number of hydrogen-bond acceptors (Lipinski definition) is 2. The van der Waals surface area contributed by atoms with E-state index in [9.17, 15) is 14.7 Å². The maximum Gasteiger partial charge on any atom is 0.407 e. The third-order valence-corrected chi connectivity index (χ3v) is 4.45. The largest absolute Gasteiger partial charge is 0.465 e.